The first-order valence-corrected chi connectivity index (χ1v) is 12.4. The van der Waals surface area contributed by atoms with Crippen molar-refractivity contribution in [2.75, 3.05) is 18.1 Å². The fraction of sp³-hybridized carbons (Fsp3) is 0.609. The first-order chi connectivity index (χ1) is 14.5. The fourth-order valence-electron chi connectivity index (χ4n) is 4.66. The van der Waals surface area contributed by atoms with Crippen LogP contribution >= 0.6 is 11.8 Å². The Labute approximate surface area is 182 Å². The van der Waals surface area contributed by atoms with Crippen molar-refractivity contribution in [3.05, 3.63) is 30.1 Å². The van der Waals surface area contributed by atoms with Crippen molar-refractivity contribution in [1.82, 2.24) is 19.8 Å². The van der Waals surface area contributed by atoms with Crippen LogP contribution in [0.1, 0.15) is 63.0 Å². The summed E-state index contributed by atoms with van der Waals surface area (Å²) in [5.74, 6) is 2.40. The van der Waals surface area contributed by atoms with E-state index in [-0.39, 0.29) is 17.9 Å². The highest BCUT2D eigenvalue weighted by Crippen LogP contribution is 2.31. The average molecular weight is 429 g/mol. The van der Waals surface area contributed by atoms with Gasteiger partial charge in [-0.25, -0.2) is 4.98 Å². The van der Waals surface area contributed by atoms with Gasteiger partial charge < -0.3 is 14.8 Å². The minimum Gasteiger partial charge on any atom is -0.351 e. The number of para-hydroxylation sites is 2. The molecule has 1 fully saturated rings. The van der Waals surface area contributed by atoms with Gasteiger partial charge in [-0.15, -0.1) is 0 Å². The van der Waals surface area contributed by atoms with E-state index < -0.39 is 5.54 Å². The van der Waals surface area contributed by atoms with Crippen LogP contribution in [0, 0.1) is 0 Å². The standard InChI is InChI=1S/C23H32N4O2S/c1-3-14-30-15-8-13-27-21(28)20-25-18-11-6-7-12-19(18)26(20)16-23(27,2)22(29)24-17-9-4-5-10-17/h6-7,11-12,17H,3-5,8-10,13-16H2,1-2H3,(H,24,29)/t23-/m1/s1. The normalized spacial score (nSPS) is 21.9. The summed E-state index contributed by atoms with van der Waals surface area (Å²) in [6.45, 7) is 5.12. The van der Waals surface area contributed by atoms with Gasteiger partial charge in [0, 0.05) is 12.6 Å². The van der Waals surface area contributed by atoms with E-state index in [4.69, 9.17) is 0 Å². The Morgan fingerprint density at radius 3 is 2.80 bits per heavy atom. The molecule has 0 saturated heterocycles. The molecule has 162 valence electrons. The lowest BCUT2D eigenvalue weighted by Gasteiger charge is -2.44. The van der Waals surface area contributed by atoms with Crippen LogP contribution < -0.4 is 5.32 Å². The van der Waals surface area contributed by atoms with Gasteiger partial charge >= 0.3 is 0 Å². The molecule has 2 aliphatic rings. The van der Waals surface area contributed by atoms with Crippen LogP contribution in [0.15, 0.2) is 24.3 Å². The number of hydrogen-bond acceptors (Lipinski definition) is 4. The third-order valence-corrected chi connectivity index (χ3v) is 7.63. The van der Waals surface area contributed by atoms with E-state index in [0.717, 1.165) is 61.1 Å². The summed E-state index contributed by atoms with van der Waals surface area (Å²) in [4.78, 5) is 33.4. The van der Waals surface area contributed by atoms with E-state index in [1.54, 1.807) is 4.90 Å². The number of nitrogens with one attached hydrogen (secondary N) is 1. The Kier molecular flexibility index (Phi) is 6.37. The van der Waals surface area contributed by atoms with Gasteiger partial charge in [0.25, 0.3) is 5.91 Å². The van der Waals surface area contributed by atoms with Gasteiger partial charge in [0.2, 0.25) is 5.91 Å². The van der Waals surface area contributed by atoms with Gasteiger partial charge in [0.05, 0.1) is 17.6 Å². The van der Waals surface area contributed by atoms with Crippen LogP contribution in [0.2, 0.25) is 0 Å². The van der Waals surface area contributed by atoms with Gasteiger partial charge in [0.1, 0.15) is 5.54 Å². The summed E-state index contributed by atoms with van der Waals surface area (Å²) >= 11 is 1.91. The third-order valence-electron chi connectivity index (χ3n) is 6.35. The molecule has 1 N–H and O–H groups in total. The Balaban J connectivity index is 1.63. The molecule has 0 unspecified atom stereocenters. The molecule has 7 heteroatoms. The molecule has 1 aliphatic heterocycles. The molecule has 0 bridgehead atoms. The largest absolute Gasteiger partial charge is 0.351 e. The quantitative estimate of drug-likeness (QED) is 0.649. The van der Waals surface area contributed by atoms with E-state index >= 15 is 0 Å². The van der Waals surface area contributed by atoms with Crippen molar-refractivity contribution >= 4 is 34.6 Å². The molecule has 1 atom stereocenters. The Hall–Kier alpha value is -2.02. The number of benzene rings is 1. The number of carbonyl (C=O) groups excluding carboxylic acids is 2. The van der Waals surface area contributed by atoms with Crippen molar-refractivity contribution in [2.24, 2.45) is 0 Å². The highest BCUT2D eigenvalue weighted by Gasteiger charge is 2.48. The van der Waals surface area contributed by atoms with Gasteiger partial charge in [-0.2, -0.15) is 11.8 Å². The maximum Gasteiger partial charge on any atom is 0.290 e. The van der Waals surface area contributed by atoms with Crippen LogP contribution in [-0.4, -0.2) is 55.9 Å². The van der Waals surface area contributed by atoms with E-state index in [9.17, 15) is 9.59 Å². The summed E-state index contributed by atoms with van der Waals surface area (Å²) in [7, 11) is 0. The topological polar surface area (TPSA) is 67.2 Å². The van der Waals surface area contributed by atoms with Crippen LogP contribution in [0.4, 0.5) is 0 Å². The number of amides is 2. The SMILES string of the molecule is CCCSCCCN1C(=O)c2nc3ccccc3n2C[C@]1(C)C(=O)NC1CCCC1. The molecule has 2 heterocycles. The molecule has 0 radical (unpaired) electrons. The molecular weight excluding hydrogens is 396 g/mol. The van der Waals surface area contributed by atoms with Crippen molar-refractivity contribution in [1.29, 1.82) is 0 Å². The number of nitrogens with zero attached hydrogens (tertiary/aromatic N) is 3. The molecule has 2 amide bonds. The first-order valence-electron chi connectivity index (χ1n) is 11.2. The van der Waals surface area contributed by atoms with Crippen LogP contribution in [0.3, 0.4) is 0 Å². The monoisotopic (exact) mass is 428 g/mol. The maximum absolute atomic E-state index is 13.5. The summed E-state index contributed by atoms with van der Waals surface area (Å²) in [5, 5.41) is 3.25. The van der Waals surface area contributed by atoms with Crippen molar-refractivity contribution in [3.63, 3.8) is 0 Å². The molecule has 0 spiro atoms. The van der Waals surface area contributed by atoms with E-state index in [0.29, 0.717) is 18.9 Å². The zero-order valence-electron chi connectivity index (χ0n) is 18.0. The lowest BCUT2D eigenvalue weighted by Crippen LogP contribution is -2.65. The van der Waals surface area contributed by atoms with Crippen molar-refractivity contribution in [3.8, 4) is 0 Å². The molecule has 4 rings (SSSR count). The van der Waals surface area contributed by atoms with E-state index in [1.165, 1.54) is 0 Å². The van der Waals surface area contributed by atoms with Gasteiger partial charge in [-0.3, -0.25) is 9.59 Å². The molecule has 1 saturated carbocycles. The second kappa shape index (κ2) is 9.00. The van der Waals surface area contributed by atoms with Crippen LogP contribution in [0.5, 0.6) is 0 Å². The third kappa shape index (κ3) is 3.96. The Morgan fingerprint density at radius 1 is 1.27 bits per heavy atom. The summed E-state index contributed by atoms with van der Waals surface area (Å²) < 4.78 is 1.94. The van der Waals surface area contributed by atoms with Gasteiger partial charge in [-0.1, -0.05) is 31.9 Å². The molecule has 2 aromatic rings. The zero-order valence-corrected chi connectivity index (χ0v) is 18.8. The lowest BCUT2D eigenvalue weighted by atomic mass is 9.94. The Morgan fingerprint density at radius 2 is 2.03 bits per heavy atom. The van der Waals surface area contributed by atoms with Gasteiger partial charge in [0.15, 0.2) is 5.82 Å². The predicted molar refractivity (Wildman–Crippen MR) is 122 cm³/mol. The molecule has 30 heavy (non-hydrogen) atoms. The number of fused-ring (bicyclic) bond motifs is 3. The fourth-order valence-corrected chi connectivity index (χ4v) is 5.49. The number of hydrogen-bond donors (Lipinski definition) is 1. The smallest absolute Gasteiger partial charge is 0.290 e. The minimum atomic E-state index is -0.911. The highest BCUT2D eigenvalue weighted by atomic mass is 32.2. The highest BCUT2D eigenvalue weighted by molar-refractivity contribution is 7.99. The number of aromatic nitrogens is 2. The average Bonchev–Trinajstić information content (AvgIpc) is 3.38. The molecule has 1 aromatic carbocycles. The van der Waals surface area contributed by atoms with Crippen LogP contribution in [-0.2, 0) is 11.3 Å². The Bertz CT molecular complexity index is 921. The second-order valence-corrected chi connectivity index (χ2v) is 9.89. The van der Waals surface area contributed by atoms with Crippen molar-refractivity contribution in [2.45, 2.75) is 70.5 Å². The zero-order chi connectivity index (χ0) is 21.1. The number of thioether (sulfide) groups is 1. The minimum absolute atomic E-state index is 0.0348. The van der Waals surface area contributed by atoms with Crippen LogP contribution in [0.25, 0.3) is 11.0 Å². The van der Waals surface area contributed by atoms with E-state index in [2.05, 4.69) is 17.2 Å². The molecule has 1 aromatic heterocycles. The number of rotatable bonds is 8. The number of carbonyl (C=O) groups is 2. The predicted octanol–water partition coefficient (Wildman–Crippen LogP) is 3.84. The molecule has 1 aliphatic carbocycles. The summed E-state index contributed by atoms with van der Waals surface area (Å²) in [5.41, 5.74) is 0.810. The van der Waals surface area contributed by atoms with Gasteiger partial charge in [-0.05, 0) is 56.2 Å². The van der Waals surface area contributed by atoms with Crippen molar-refractivity contribution < 1.29 is 9.59 Å². The lowest BCUT2D eigenvalue weighted by molar-refractivity contribution is -0.133. The maximum atomic E-state index is 13.5. The number of imidazole rings is 1. The first kappa shape index (κ1) is 21.2. The summed E-state index contributed by atoms with van der Waals surface area (Å²) in [6.07, 6.45) is 6.41. The molecular formula is C23H32N4O2S. The molecule has 6 nitrogen and oxygen atoms in total. The second-order valence-electron chi connectivity index (χ2n) is 8.66. The van der Waals surface area contributed by atoms with E-state index in [1.807, 2.05) is 47.5 Å². The summed E-state index contributed by atoms with van der Waals surface area (Å²) in [6, 6.07) is 8.02.